The number of nitrogens with zero attached hydrogens (tertiary/aromatic N) is 2. The van der Waals surface area contributed by atoms with Gasteiger partial charge < -0.3 is 19.7 Å². The molecule has 0 amide bonds. The average Bonchev–Trinajstić information content (AvgIpc) is 2.74. The van der Waals surface area contributed by atoms with Gasteiger partial charge in [-0.3, -0.25) is 9.80 Å². The second kappa shape index (κ2) is 12.1. The first kappa shape index (κ1) is 25.1. The maximum Gasteiger partial charge on any atom is 0.122 e. The first-order valence-corrected chi connectivity index (χ1v) is 11.6. The molecule has 1 saturated heterocycles. The van der Waals surface area contributed by atoms with Gasteiger partial charge in [-0.2, -0.15) is 0 Å². The maximum atomic E-state index is 10.4. The smallest absolute Gasteiger partial charge is 0.122 e. The number of aliphatic hydroxyl groups excluding tert-OH is 2. The predicted molar refractivity (Wildman–Crippen MR) is 128 cm³/mol. The molecule has 0 unspecified atom stereocenters. The van der Waals surface area contributed by atoms with Gasteiger partial charge in [0.2, 0.25) is 0 Å². The molecule has 1 aliphatic heterocycles. The minimum Gasteiger partial charge on any atom is -0.491 e. The van der Waals surface area contributed by atoms with Crippen molar-refractivity contribution in [1.82, 2.24) is 9.80 Å². The molecular formula is C24H32Cl2N2O4. The second-order valence-electron chi connectivity index (χ2n) is 8.35. The molecule has 1 fully saturated rings. The number of ether oxygens (including phenoxy) is 2. The summed E-state index contributed by atoms with van der Waals surface area (Å²) in [6.45, 7) is 8.80. The lowest BCUT2D eigenvalue weighted by molar-refractivity contribution is 0.0239. The summed E-state index contributed by atoms with van der Waals surface area (Å²) in [5.74, 6) is 1.48. The third-order valence-corrected chi connectivity index (χ3v) is 6.01. The second-order valence-corrected chi connectivity index (χ2v) is 9.22. The Morgan fingerprint density at radius 2 is 1.12 bits per heavy atom. The van der Waals surface area contributed by atoms with Crippen molar-refractivity contribution >= 4 is 23.2 Å². The van der Waals surface area contributed by atoms with Gasteiger partial charge in [0.15, 0.2) is 0 Å². The number of aryl methyl sites for hydroxylation is 2. The number of hydrogen-bond donors (Lipinski definition) is 2. The molecule has 0 saturated carbocycles. The molecule has 0 radical (unpaired) electrons. The molecule has 1 heterocycles. The van der Waals surface area contributed by atoms with Crippen LogP contribution in [0.3, 0.4) is 0 Å². The predicted octanol–water partition coefficient (Wildman–Crippen LogP) is 3.41. The molecular weight excluding hydrogens is 451 g/mol. The maximum absolute atomic E-state index is 10.4. The summed E-state index contributed by atoms with van der Waals surface area (Å²) >= 11 is 11.9. The van der Waals surface area contributed by atoms with Crippen molar-refractivity contribution in [3.63, 3.8) is 0 Å². The van der Waals surface area contributed by atoms with Crippen molar-refractivity contribution in [3.8, 4) is 11.5 Å². The van der Waals surface area contributed by atoms with E-state index in [0.29, 0.717) is 23.1 Å². The van der Waals surface area contributed by atoms with Gasteiger partial charge in [-0.1, -0.05) is 23.2 Å². The highest BCUT2D eigenvalue weighted by Gasteiger charge is 2.21. The molecule has 2 N–H and O–H groups in total. The SMILES string of the molecule is Cc1cc(Cl)ccc1OC[C@H](O)CN1CCN(C[C@@H](O)COc2ccc(Cl)cc2C)CC1. The first-order valence-electron chi connectivity index (χ1n) is 10.9. The summed E-state index contributed by atoms with van der Waals surface area (Å²) in [7, 11) is 0. The molecule has 0 bridgehead atoms. The van der Waals surface area contributed by atoms with E-state index in [4.69, 9.17) is 32.7 Å². The van der Waals surface area contributed by atoms with Gasteiger partial charge in [0.25, 0.3) is 0 Å². The largest absolute Gasteiger partial charge is 0.491 e. The lowest BCUT2D eigenvalue weighted by atomic mass is 10.2. The van der Waals surface area contributed by atoms with Crippen molar-refractivity contribution in [2.24, 2.45) is 0 Å². The summed E-state index contributed by atoms with van der Waals surface area (Å²) in [5.41, 5.74) is 1.90. The van der Waals surface area contributed by atoms with Gasteiger partial charge in [0.05, 0.1) is 0 Å². The highest BCUT2D eigenvalue weighted by atomic mass is 35.5. The van der Waals surface area contributed by atoms with Crippen molar-refractivity contribution in [2.75, 3.05) is 52.5 Å². The van der Waals surface area contributed by atoms with E-state index >= 15 is 0 Å². The lowest BCUT2D eigenvalue weighted by Crippen LogP contribution is -2.51. The van der Waals surface area contributed by atoms with Crippen molar-refractivity contribution in [2.45, 2.75) is 26.1 Å². The van der Waals surface area contributed by atoms with Gasteiger partial charge in [0, 0.05) is 49.3 Å². The summed E-state index contributed by atoms with van der Waals surface area (Å²) in [4.78, 5) is 4.44. The molecule has 1 aliphatic rings. The zero-order chi connectivity index (χ0) is 23.1. The average molecular weight is 483 g/mol. The highest BCUT2D eigenvalue weighted by Crippen LogP contribution is 2.23. The minimum atomic E-state index is -0.571. The molecule has 6 nitrogen and oxygen atoms in total. The Morgan fingerprint density at radius 1 is 0.750 bits per heavy atom. The van der Waals surface area contributed by atoms with Crippen molar-refractivity contribution in [3.05, 3.63) is 57.6 Å². The molecule has 0 aliphatic carbocycles. The van der Waals surface area contributed by atoms with E-state index in [2.05, 4.69) is 9.80 Å². The molecule has 0 aromatic heterocycles. The van der Waals surface area contributed by atoms with Crippen LogP contribution in [0.1, 0.15) is 11.1 Å². The number of aliphatic hydroxyl groups is 2. The Balaban J connectivity index is 1.33. The van der Waals surface area contributed by atoms with Crippen LogP contribution in [0.15, 0.2) is 36.4 Å². The monoisotopic (exact) mass is 482 g/mol. The van der Waals surface area contributed by atoms with E-state index in [0.717, 1.165) is 48.8 Å². The van der Waals surface area contributed by atoms with Crippen LogP contribution in [-0.2, 0) is 0 Å². The lowest BCUT2D eigenvalue weighted by Gasteiger charge is -2.36. The Hall–Kier alpha value is -1.54. The van der Waals surface area contributed by atoms with Crippen LogP contribution in [0.2, 0.25) is 10.0 Å². The number of β-amino-alcohol motifs (C(OH)–C–C–N with tert-alkyl or cyclic N) is 2. The molecule has 32 heavy (non-hydrogen) atoms. The Kier molecular flexibility index (Phi) is 9.46. The standard InChI is InChI=1S/C24H32Cl2N2O4/c1-17-11-19(25)3-5-23(17)31-15-21(29)13-27-7-9-28(10-8-27)14-22(30)16-32-24-6-4-20(26)12-18(24)2/h3-6,11-12,21-22,29-30H,7-10,13-16H2,1-2H3/t21-,22-/m1/s1. The van der Waals surface area contributed by atoms with Gasteiger partial charge in [-0.05, 0) is 61.4 Å². The molecule has 8 heteroatoms. The number of piperazine rings is 1. The van der Waals surface area contributed by atoms with Crippen molar-refractivity contribution < 1.29 is 19.7 Å². The van der Waals surface area contributed by atoms with E-state index in [-0.39, 0.29) is 13.2 Å². The fourth-order valence-electron chi connectivity index (χ4n) is 3.78. The molecule has 3 rings (SSSR count). The summed E-state index contributed by atoms with van der Waals surface area (Å²) < 4.78 is 11.5. The van der Waals surface area contributed by atoms with Gasteiger partial charge in [-0.15, -0.1) is 0 Å². The van der Waals surface area contributed by atoms with Crippen LogP contribution in [0.25, 0.3) is 0 Å². The Bertz CT molecular complexity index is 804. The summed E-state index contributed by atoms with van der Waals surface area (Å²) in [5, 5.41) is 22.1. The summed E-state index contributed by atoms with van der Waals surface area (Å²) in [6, 6.07) is 10.9. The number of halogens is 2. The Labute approximate surface area is 200 Å². The van der Waals surface area contributed by atoms with Crippen LogP contribution in [-0.4, -0.2) is 84.7 Å². The van der Waals surface area contributed by atoms with Gasteiger partial charge in [-0.25, -0.2) is 0 Å². The molecule has 2 atom stereocenters. The number of rotatable bonds is 10. The number of benzene rings is 2. The van der Waals surface area contributed by atoms with Gasteiger partial charge >= 0.3 is 0 Å². The van der Waals surface area contributed by atoms with Crippen LogP contribution in [0, 0.1) is 13.8 Å². The Morgan fingerprint density at radius 3 is 1.47 bits per heavy atom. The van der Waals surface area contributed by atoms with E-state index in [1.807, 2.05) is 38.1 Å². The molecule has 2 aromatic rings. The van der Waals surface area contributed by atoms with E-state index in [9.17, 15) is 10.2 Å². The normalized spacial score (nSPS) is 17.2. The fourth-order valence-corrected chi connectivity index (χ4v) is 4.23. The molecule has 176 valence electrons. The van der Waals surface area contributed by atoms with Crippen LogP contribution < -0.4 is 9.47 Å². The zero-order valence-electron chi connectivity index (χ0n) is 18.6. The zero-order valence-corrected chi connectivity index (χ0v) is 20.1. The number of hydrogen-bond acceptors (Lipinski definition) is 6. The third kappa shape index (κ3) is 7.80. The van der Waals surface area contributed by atoms with Gasteiger partial charge in [0.1, 0.15) is 36.9 Å². The van der Waals surface area contributed by atoms with E-state index in [1.165, 1.54) is 0 Å². The summed E-state index contributed by atoms with van der Waals surface area (Å²) in [6.07, 6.45) is -1.14. The topological polar surface area (TPSA) is 65.4 Å². The highest BCUT2D eigenvalue weighted by molar-refractivity contribution is 6.31. The first-order chi connectivity index (χ1) is 15.3. The van der Waals surface area contributed by atoms with Crippen LogP contribution in [0.5, 0.6) is 11.5 Å². The van der Waals surface area contributed by atoms with E-state index in [1.54, 1.807) is 12.1 Å². The molecule has 2 aromatic carbocycles. The van der Waals surface area contributed by atoms with E-state index < -0.39 is 12.2 Å². The van der Waals surface area contributed by atoms with Crippen LogP contribution >= 0.6 is 23.2 Å². The third-order valence-electron chi connectivity index (χ3n) is 5.54. The minimum absolute atomic E-state index is 0.239. The van der Waals surface area contributed by atoms with Crippen LogP contribution in [0.4, 0.5) is 0 Å². The fraction of sp³-hybridized carbons (Fsp3) is 0.500. The molecule has 0 spiro atoms. The van der Waals surface area contributed by atoms with Crippen molar-refractivity contribution in [1.29, 1.82) is 0 Å². The quantitative estimate of drug-likeness (QED) is 0.540.